The Morgan fingerprint density at radius 2 is 1.71 bits per heavy atom. The van der Waals surface area contributed by atoms with E-state index in [9.17, 15) is 0 Å². The Bertz CT molecular complexity index is 409. The van der Waals surface area contributed by atoms with Gasteiger partial charge in [0.15, 0.2) is 0 Å². The van der Waals surface area contributed by atoms with Crippen LogP contribution in [0.25, 0.3) is 11.0 Å². The summed E-state index contributed by atoms with van der Waals surface area (Å²) >= 11 is 0. The zero-order chi connectivity index (χ0) is 9.64. The maximum absolute atomic E-state index is 5.12. The largest absolute Gasteiger partial charge is 0.464 e. The number of rotatable bonds is 0. The molecule has 0 radical (unpaired) electrons. The molecule has 1 heterocycles. The van der Waals surface area contributed by atoms with Crippen molar-refractivity contribution in [2.75, 3.05) is 0 Å². The molecule has 1 heteroatoms. The number of furan rings is 1. The third-order valence-electron chi connectivity index (χ3n) is 2.02. The minimum atomic E-state index is 0.956. The van der Waals surface area contributed by atoms with Crippen LogP contribution in [-0.4, -0.2) is 0 Å². The monoisotopic (exact) mass is 184 g/mol. The lowest BCUT2D eigenvalue weighted by Gasteiger charge is -1.81. The maximum Gasteiger partial charge on any atom is 0.133 e. The van der Waals surface area contributed by atoms with Gasteiger partial charge in [0.2, 0.25) is 0 Å². The van der Waals surface area contributed by atoms with E-state index in [-0.39, 0.29) is 0 Å². The number of benzene rings is 1. The molecule has 14 heavy (non-hydrogen) atoms. The van der Waals surface area contributed by atoms with Gasteiger partial charge in [-0.15, -0.1) is 0 Å². The first-order valence-corrected chi connectivity index (χ1v) is 4.71. The van der Waals surface area contributed by atoms with Gasteiger partial charge in [0.05, 0.1) is 6.26 Å². The van der Waals surface area contributed by atoms with Gasteiger partial charge in [0, 0.05) is 5.39 Å². The van der Waals surface area contributed by atoms with Crippen LogP contribution in [0.2, 0.25) is 0 Å². The van der Waals surface area contributed by atoms with Gasteiger partial charge in [-0.25, -0.2) is 0 Å². The van der Waals surface area contributed by atoms with E-state index >= 15 is 0 Å². The van der Waals surface area contributed by atoms with Crippen molar-refractivity contribution in [1.82, 2.24) is 0 Å². The summed E-state index contributed by atoms with van der Waals surface area (Å²) in [6, 6.07) is 9.90. The van der Waals surface area contributed by atoms with Gasteiger partial charge in [-0.2, -0.15) is 0 Å². The molecule has 0 aliphatic heterocycles. The second kappa shape index (κ2) is 4.47. The third-order valence-corrected chi connectivity index (χ3v) is 2.02. The van der Waals surface area contributed by atoms with Crippen LogP contribution in [0.5, 0.6) is 0 Å². The zero-order valence-corrected chi connectivity index (χ0v) is 7.89. The van der Waals surface area contributed by atoms with Gasteiger partial charge in [0.1, 0.15) is 5.58 Å². The molecular formula is C13H12O. The highest BCUT2D eigenvalue weighted by Crippen LogP contribution is 2.12. The highest BCUT2D eigenvalue weighted by molar-refractivity contribution is 5.76. The second-order valence-electron chi connectivity index (χ2n) is 3.05. The molecule has 1 nitrogen and oxygen atoms in total. The maximum atomic E-state index is 5.12. The van der Waals surface area contributed by atoms with Gasteiger partial charge < -0.3 is 4.42 Å². The van der Waals surface area contributed by atoms with Gasteiger partial charge in [0.25, 0.3) is 0 Å². The van der Waals surface area contributed by atoms with Crippen LogP contribution in [0.3, 0.4) is 0 Å². The van der Waals surface area contributed by atoms with Crippen molar-refractivity contribution in [2.45, 2.75) is 6.42 Å². The predicted octanol–water partition coefficient (Wildman–Crippen LogP) is 3.94. The Labute approximate surface area is 83.4 Å². The summed E-state index contributed by atoms with van der Waals surface area (Å²) < 4.78 is 5.12. The van der Waals surface area contributed by atoms with Crippen LogP contribution < -0.4 is 0 Å². The van der Waals surface area contributed by atoms with Crippen molar-refractivity contribution in [3.8, 4) is 0 Å². The van der Waals surface area contributed by atoms with E-state index in [0.717, 1.165) is 17.4 Å². The summed E-state index contributed by atoms with van der Waals surface area (Å²) in [5.41, 5.74) is 0.956. The normalized spacial score (nSPS) is 12.9. The third kappa shape index (κ3) is 2.13. The molecule has 3 rings (SSSR count). The minimum absolute atomic E-state index is 0.956. The standard InChI is InChI=1S/C8H6O.C5H6/c1-2-4-8-7(3-1)5-6-9-8;1-2-4-5-3-1/h1-6H;1-4H,5H2. The molecule has 0 atom stereocenters. The van der Waals surface area contributed by atoms with Gasteiger partial charge in [-0.1, -0.05) is 42.5 Å². The molecule has 2 aromatic rings. The first kappa shape index (κ1) is 8.82. The molecule has 70 valence electrons. The topological polar surface area (TPSA) is 13.1 Å². The van der Waals surface area contributed by atoms with Crippen LogP contribution >= 0.6 is 0 Å². The molecule has 0 saturated carbocycles. The Balaban J connectivity index is 0.000000128. The van der Waals surface area contributed by atoms with Crippen LogP contribution in [0.1, 0.15) is 6.42 Å². The zero-order valence-electron chi connectivity index (χ0n) is 7.89. The summed E-state index contributed by atoms with van der Waals surface area (Å²) in [4.78, 5) is 0. The first-order valence-electron chi connectivity index (χ1n) is 4.71. The lowest BCUT2D eigenvalue weighted by atomic mass is 10.3. The van der Waals surface area contributed by atoms with Crippen LogP contribution in [-0.2, 0) is 0 Å². The van der Waals surface area contributed by atoms with E-state index in [1.165, 1.54) is 0 Å². The van der Waals surface area contributed by atoms with E-state index in [2.05, 4.69) is 24.3 Å². The van der Waals surface area contributed by atoms with Crippen LogP contribution in [0, 0.1) is 0 Å². The summed E-state index contributed by atoms with van der Waals surface area (Å²) in [6.07, 6.45) is 11.2. The number of hydrogen-bond acceptors (Lipinski definition) is 1. The van der Waals surface area contributed by atoms with Gasteiger partial charge in [-0.3, -0.25) is 0 Å². The summed E-state index contributed by atoms with van der Waals surface area (Å²) in [5.74, 6) is 0. The minimum Gasteiger partial charge on any atom is -0.464 e. The van der Waals surface area contributed by atoms with Crippen molar-refractivity contribution in [3.05, 3.63) is 60.9 Å². The quantitative estimate of drug-likeness (QED) is 0.604. The fraction of sp³-hybridized carbons (Fsp3) is 0.0769. The van der Waals surface area contributed by atoms with E-state index < -0.39 is 0 Å². The summed E-state index contributed by atoms with van der Waals surface area (Å²) in [6.45, 7) is 0. The highest BCUT2D eigenvalue weighted by Gasteiger charge is 1.89. The molecular weight excluding hydrogens is 172 g/mol. The molecule has 1 aliphatic carbocycles. The highest BCUT2D eigenvalue weighted by atomic mass is 16.3. The Kier molecular flexibility index (Phi) is 2.82. The van der Waals surface area contributed by atoms with Crippen molar-refractivity contribution < 1.29 is 4.42 Å². The molecule has 0 fully saturated rings. The molecule has 1 aliphatic rings. The molecule has 0 N–H and O–H groups in total. The molecule has 0 amide bonds. The number of fused-ring (bicyclic) bond motifs is 1. The molecule has 1 aromatic heterocycles. The lowest BCUT2D eigenvalue weighted by Crippen LogP contribution is -1.57. The molecule has 0 bridgehead atoms. The van der Waals surface area contributed by atoms with E-state index in [1.807, 2.05) is 30.3 Å². The summed E-state index contributed by atoms with van der Waals surface area (Å²) in [5, 5.41) is 1.16. The van der Waals surface area contributed by atoms with Crippen LogP contribution in [0.15, 0.2) is 65.3 Å². The number of para-hydroxylation sites is 1. The van der Waals surface area contributed by atoms with Crippen molar-refractivity contribution in [3.63, 3.8) is 0 Å². The van der Waals surface area contributed by atoms with Gasteiger partial charge >= 0.3 is 0 Å². The van der Waals surface area contributed by atoms with E-state index in [1.54, 1.807) is 6.26 Å². The predicted molar refractivity (Wildman–Crippen MR) is 59.1 cm³/mol. The van der Waals surface area contributed by atoms with Crippen LogP contribution in [0.4, 0.5) is 0 Å². The Morgan fingerprint density at radius 1 is 0.929 bits per heavy atom. The van der Waals surface area contributed by atoms with Crippen molar-refractivity contribution >= 4 is 11.0 Å². The average Bonchev–Trinajstić information content (AvgIpc) is 2.92. The fourth-order valence-corrected chi connectivity index (χ4v) is 1.30. The van der Waals surface area contributed by atoms with Crippen molar-refractivity contribution in [1.29, 1.82) is 0 Å². The molecule has 0 unspecified atom stereocenters. The van der Waals surface area contributed by atoms with Gasteiger partial charge in [-0.05, 0) is 18.6 Å². The van der Waals surface area contributed by atoms with E-state index in [0.29, 0.717) is 0 Å². The molecule has 0 saturated heterocycles. The average molecular weight is 184 g/mol. The molecule has 1 aromatic carbocycles. The Hall–Kier alpha value is -1.76. The second-order valence-corrected chi connectivity index (χ2v) is 3.05. The lowest BCUT2D eigenvalue weighted by molar-refractivity contribution is 0.616. The summed E-state index contributed by atoms with van der Waals surface area (Å²) in [7, 11) is 0. The van der Waals surface area contributed by atoms with E-state index in [4.69, 9.17) is 4.42 Å². The first-order chi connectivity index (χ1) is 6.97. The number of hydrogen-bond donors (Lipinski definition) is 0. The Morgan fingerprint density at radius 3 is 2.36 bits per heavy atom. The fourth-order valence-electron chi connectivity index (χ4n) is 1.30. The molecule has 0 spiro atoms. The SMILES string of the molecule is C1=CCC=C1.c1ccc2occc2c1. The smallest absolute Gasteiger partial charge is 0.133 e. The number of allylic oxidation sites excluding steroid dienone is 4. The van der Waals surface area contributed by atoms with Crippen molar-refractivity contribution in [2.24, 2.45) is 0 Å².